The quantitative estimate of drug-likeness (QED) is 0.707. The van der Waals surface area contributed by atoms with Crippen LogP contribution in [0.15, 0.2) is 66.2 Å². The summed E-state index contributed by atoms with van der Waals surface area (Å²) < 4.78 is 5.14. The van der Waals surface area contributed by atoms with Crippen molar-refractivity contribution in [1.82, 2.24) is 0 Å². The van der Waals surface area contributed by atoms with E-state index in [0.717, 1.165) is 5.75 Å². The third kappa shape index (κ3) is 4.14. The van der Waals surface area contributed by atoms with E-state index in [1.165, 1.54) is 16.7 Å². The minimum atomic E-state index is 0.884. The van der Waals surface area contributed by atoms with Crippen molar-refractivity contribution < 1.29 is 4.74 Å². The van der Waals surface area contributed by atoms with Crippen molar-refractivity contribution in [2.45, 2.75) is 6.92 Å². The summed E-state index contributed by atoms with van der Waals surface area (Å²) in [6, 6.07) is 18.4. The molecule has 0 saturated carbocycles. The van der Waals surface area contributed by atoms with E-state index >= 15 is 0 Å². The average molecular weight is 250 g/mol. The lowest BCUT2D eigenvalue weighted by atomic mass is 10.1. The van der Waals surface area contributed by atoms with Crippen molar-refractivity contribution >= 4 is 12.2 Å². The molecule has 0 fully saturated rings. The molecule has 0 bridgehead atoms. The Kier molecular flexibility index (Phi) is 4.57. The van der Waals surface area contributed by atoms with Gasteiger partial charge in [-0.25, -0.2) is 0 Å². The average Bonchev–Trinajstić information content (AvgIpc) is 2.47. The molecule has 0 N–H and O–H groups in total. The van der Waals surface area contributed by atoms with Crippen LogP contribution in [0.4, 0.5) is 0 Å². The number of hydrogen-bond acceptors (Lipinski definition) is 1. The molecule has 0 aliphatic rings. The Balaban J connectivity index is 2.08. The number of benzene rings is 2. The van der Waals surface area contributed by atoms with Crippen LogP contribution in [0.5, 0.6) is 5.75 Å². The number of allylic oxidation sites excluding steroid dienone is 2. The fraction of sp³-hybridized carbons (Fsp3) is 0.111. The lowest BCUT2D eigenvalue weighted by molar-refractivity contribution is 0.415. The van der Waals surface area contributed by atoms with Gasteiger partial charge in [-0.3, -0.25) is 0 Å². The molecule has 0 unspecified atom stereocenters. The summed E-state index contributed by atoms with van der Waals surface area (Å²) in [7, 11) is 1.68. The smallest absolute Gasteiger partial charge is 0.118 e. The first kappa shape index (κ1) is 13.2. The predicted octanol–water partition coefficient (Wildman–Crippen LogP) is 4.81. The highest BCUT2D eigenvalue weighted by Crippen LogP contribution is 2.14. The molecule has 0 amide bonds. The van der Waals surface area contributed by atoms with Gasteiger partial charge in [-0.15, -0.1) is 0 Å². The van der Waals surface area contributed by atoms with Gasteiger partial charge in [-0.2, -0.15) is 0 Å². The van der Waals surface area contributed by atoms with Gasteiger partial charge in [0.2, 0.25) is 0 Å². The van der Waals surface area contributed by atoms with E-state index in [9.17, 15) is 0 Å². The highest BCUT2D eigenvalue weighted by molar-refractivity contribution is 5.61. The van der Waals surface area contributed by atoms with Crippen LogP contribution >= 0.6 is 0 Å². The Morgan fingerprint density at radius 2 is 1.58 bits per heavy atom. The Bertz CT molecular complexity index is 562. The number of rotatable bonds is 4. The van der Waals surface area contributed by atoms with E-state index in [4.69, 9.17) is 4.74 Å². The molecule has 96 valence electrons. The molecule has 2 aromatic carbocycles. The molecule has 0 spiro atoms. The third-order valence-corrected chi connectivity index (χ3v) is 2.85. The highest BCUT2D eigenvalue weighted by atomic mass is 16.5. The van der Waals surface area contributed by atoms with Crippen LogP contribution in [0.2, 0.25) is 0 Å². The number of methoxy groups -OCH3 is 1. The van der Waals surface area contributed by atoms with E-state index in [1.54, 1.807) is 7.11 Å². The van der Waals surface area contributed by atoms with Gasteiger partial charge in [0.15, 0.2) is 0 Å². The SMILES string of the molecule is COc1ccc(/C=C(C)/C=C/c2ccccc2)cc1. The van der Waals surface area contributed by atoms with Crippen LogP contribution in [0.3, 0.4) is 0 Å². The zero-order valence-electron chi connectivity index (χ0n) is 11.3. The summed E-state index contributed by atoms with van der Waals surface area (Å²) in [5.41, 5.74) is 3.61. The second-order valence-corrected chi connectivity index (χ2v) is 4.41. The monoisotopic (exact) mass is 250 g/mol. The van der Waals surface area contributed by atoms with E-state index in [1.807, 2.05) is 30.3 Å². The summed E-state index contributed by atoms with van der Waals surface area (Å²) >= 11 is 0. The molecule has 1 heteroatoms. The Morgan fingerprint density at radius 1 is 0.895 bits per heavy atom. The molecule has 19 heavy (non-hydrogen) atoms. The third-order valence-electron chi connectivity index (χ3n) is 2.85. The summed E-state index contributed by atoms with van der Waals surface area (Å²) in [4.78, 5) is 0. The molecule has 1 nitrogen and oxygen atoms in total. The molecule has 2 aromatic rings. The highest BCUT2D eigenvalue weighted by Gasteiger charge is 1.91. The van der Waals surface area contributed by atoms with Gasteiger partial charge in [0.1, 0.15) is 5.75 Å². The summed E-state index contributed by atoms with van der Waals surface area (Å²) in [6.45, 7) is 2.10. The van der Waals surface area contributed by atoms with Crippen LogP contribution in [0, 0.1) is 0 Å². The molecule has 0 saturated heterocycles. The van der Waals surface area contributed by atoms with Gasteiger partial charge in [0, 0.05) is 0 Å². The van der Waals surface area contributed by atoms with E-state index < -0.39 is 0 Å². The molecular formula is C18H18O. The standard InChI is InChI=1S/C18H18O/c1-15(8-9-16-6-4-3-5-7-16)14-17-10-12-18(19-2)13-11-17/h3-14H,1-2H3/b9-8+,15-14+. The van der Waals surface area contributed by atoms with Crippen LogP contribution in [0.25, 0.3) is 12.2 Å². The molecule has 0 atom stereocenters. The van der Waals surface area contributed by atoms with Crippen molar-refractivity contribution in [3.05, 3.63) is 77.4 Å². The summed E-state index contributed by atoms with van der Waals surface area (Å²) in [5.74, 6) is 0.884. The molecule has 0 radical (unpaired) electrons. The number of ether oxygens (including phenoxy) is 1. The Labute approximate surface area is 114 Å². The maximum Gasteiger partial charge on any atom is 0.118 e. The zero-order valence-corrected chi connectivity index (χ0v) is 11.3. The van der Waals surface area contributed by atoms with Gasteiger partial charge >= 0.3 is 0 Å². The van der Waals surface area contributed by atoms with Crippen molar-refractivity contribution in [1.29, 1.82) is 0 Å². The van der Waals surface area contributed by atoms with Crippen molar-refractivity contribution in [3.63, 3.8) is 0 Å². The van der Waals surface area contributed by atoms with Crippen LogP contribution in [-0.2, 0) is 0 Å². The minimum absolute atomic E-state index is 0.884. The first-order valence-electron chi connectivity index (χ1n) is 6.33. The Morgan fingerprint density at radius 3 is 2.21 bits per heavy atom. The van der Waals surface area contributed by atoms with Gasteiger partial charge in [-0.1, -0.05) is 66.3 Å². The minimum Gasteiger partial charge on any atom is -0.497 e. The van der Waals surface area contributed by atoms with E-state index in [-0.39, 0.29) is 0 Å². The maximum atomic E-state index is 5.14. The molecule has 2 rings (SSSR count). The van der Waals surface area contributed by atoms with E-state index in [2.05, 4.69) is 49.4 Å². The summed E-state index contributed by atoms with van der Waals surface area (Å²) in [6.07, 6.45) is 6.40. The second-order valence-electron chi connectivity index (χ2n) is 4.41. The molecular weight excluding hydrogens is 232 g/mol. The van der Waals surface area contributed by atoms with Gasteiger partial charge < -0.3 is 4.74 Å². The van der Waals surface area contributed by atoms with E-state index in [0.29, 0.717) is 0 Å². The predicted molar refractivity (Wildman–Crippen MR) is 82.1 cm³/mol. The van der Waals surface area contributed by atoms with Gasteiger partial charge in [0.05, 0.1) is 7.11 Å². The first-order valence-corrected chi connectivity index (χ1v) is 6.33. The normalized spacial score (nSPS) is 11.8. The fourth-order valence-corrected chi connectivity index (χ4v) is 1.80. The lowest BCUT2D eigenvalue weighted by Crippen LogP contribution is -1.81. The second kappa shape index (κ2) is 6.60. The largest absolute Gasteiger partial charge is 0.497 e. The zero-order chi connectivity index (χ0) is 13.5. The van der Waals surface area contributed by atoms with Crippen LogP contribution in [0.1, 0.15) is 18.1 Å². The molecule has 0 aromatic heterocycles. The topological polar surface area (TPSA) is 9.23 Å². The van der Waals surface area contributed by atoms with Crippen molar-refractivity contribution in [2.24, 2.45) is 0 Å². The fourth-order valence-electron chi connectivity index (χ4n) is 1.80. The Hall–Kier alpha value is -2.28. The molecule has 0 heterocycles. The number of hydrogen-bond donors (Lipinski definition) is 0. The van der Waals surface area contributed by atoms with Crippen LogP contribution in [-0.4, -0.2) is 7.11 Å². The van der Waals surface area contributed by atoms with Crippen molar-refractivity contribution in [3.8, 4) is 5.75 Å². The molecule has 0 aliphatic heterocycles. The van der Waals surface area contributed by atoms with Gasteiger partial charge in [-0.05, 0) is 30.2 Å². The lowest BCUT2D eigenvalue weighted by Gasteiger charge is -2.00. The van der Waals surface area contributed by atoms with Crippen LogP contribution < -0.4 is 4.74 Å². The maximum absolute atomic E-state index is 5.14. The first-order chi connectivity index (χ1) is 9.28. The molecule has 0 aliphatic carbocycles. The summed E-state index contributed by atoms with van der Waals surface area (Å²) in [5, 5.41) is 0. The van der Waals surface area contributed by atoms with Gasteiger partial charge in [0.25, 0.3) is 0 Å². The van der Waals surface area contributed by atoms with Crippen molar-refractivity contribution in [2.75, 3.05) is 7.11 Å².